The fourth-order valence-corrected chi connectivity index (χ4v) is 3.35. The minimum Gasteiger partial charge on any atom is -0.478 e. The van der Waals surface area contributed by atoms with Gasteiger partial charge in [-0.3, -0.25) is 9.69 Å². The molecule has 0 saturated heterocycles. The van der Waals surface area contributed by atoms with E-state index in [0.29, 0.717) is 16.9 Å². The van der Waals surface area contributed by atoms with Gasteiger partial charge in [0.15, 0.2) is 0 Å². The highest BCUT2D eigenvalue weighted by Gasteiger charge is 2.38. The Hall–Kier alpha value is -3.67. The lowest BCUT2D eigenvalue weighted by atomic mass is 10.0. The third-order valence-corrected chi connectivity index (χ3v) is 5.10. The number of hydrogen-bond donors (Lipinski definition) is 1. The number of carbonyl (C=O) groups is 3. The average molecular weight is 405 g/mol. The molecule has 154 valence electrons. The number of allylic oxidation sites excluding steroid dienone is 1. The molecule has 0 atom stereocenters. The summed E-state index contributed by atoms with van der Waals surface area (Å²) in [5.74, 6) is -1.93. The molecule has 0 saturated carbocycles. The zero-order chi connectivity index (χ0) is 22.0. The van der Waals surface area contributed by atoms with Crippen LogP contribution in [0.5, 0.6) is 0 Å². The van der Waals surface area contributed by atoms with Crippen LogP contribution in [0.25, 0.3) is 6.08 Å². The predicted molar refractivity (Wildman–Crippen MR) is 114 cm³/mol. The maximum absolute atomic E-state index is 13.3. The Morgan fingerprint density at radius 2 is 1.70 bits per heavy atom. The molecular weight excluding hydrogens is 382 g/mol. The average Bonchev–Trinajstić information content (AvgIpc) is 2.94. The molecule has 0 aliphatic carbocycles. The summed E-state index contributed by atoms with van der Waals surface area (Å²) >= 11 is 0. The van der Waals surface area contributed by atoms with Crippen molar-refractivity contribution in [2.45, 2.75) is 27.7 Å². The molecule has 6 nitrogen and oxygen atoms in total. The molecule has 30 heavy (non-hydrogen) atoms. The number of hydrogen-bond acceptors (Lipinski definition) is 4. The van der Waals surface area contributed by atoms with E-state index in [2.05, 4.69) is 0 Å². The number of carbonyl (C=O) groups excluding carboxylic acids is 2. The first kappa shape index (κ1) is 21.0. The van der Waals surface area contributed by atoms with Gasteiger partial charge < -0.3 is 9.84 Å². The van der Waals surface area contributed by atoms with Crippen molar-refractivity contribution >= 4 is 29.6 Å². The van der Waals surface area contributed by atoms with Gasteiger partial charge in [-0.15, -0.1) is 0 Å². The van der Waals surface area contributed by atoms with E-state index in [9.17, 15) is 14.4 Å². The summed E-state index contributed by atoms with van der Waals surface area (Å²) in [6.45, 7) is 7.57. The SMILES string of the molecule is CCOC(=O)C1=C(C)N(c2ccc(C)c(C)c2)C(=O)C1=Cc1ccc(C(=O)O)cc1. The van der Waals surface area contributed by atoms with E-state index in [1.54, 1.807) is 32.1 Å². The van der Waals surface area contributed by atoms with E-state index < -0.39 is 11.9 Å². The van der Waals surface area contributed by atoms with Gasteiger partial charge in [-0.1, -0.05) is 18.2 Å². The van der Waals surface area contributed by atoms with Crippen molar-refractivity contribution in [2.24, 2.45) is 0 Å². The topological polar surface area (TPSA) is 83.9 Å². The Morgan fingerprint density at radius 1 is 1.03 bits per heavy atom. The largest absolute Gasteiger partial charge is 0.478 e. The molecule has 2 aromatic carbocycles. The van der Waals surface area contributed by atoms with Gasteiger partial charge in [0.1, 0.15) is 0 Å². The summed E-state index contributed by atoms with van der Waals surface area (Å²) in [5.41, 5.74) is 4.49. The highest BCUT2D eigenvalue weighted by molar-refractivity contribution is 6.23. The highest BCUT2D eigenvalue weighted by atomic mass is 16.5. The summed E-state index contributed by atoms with van der Waals surface area (Å²) in [4.78, 5) is 38.6. The van der Waals surface area contributed by atoms with Gasteiger partial charge >= 0.3 is 11.9 Å². The summed E-state index contributed by atoms with van der Waals surface area (Å²) in [7, 11) is 0. The van der Waals surface area contributed by atoms with Crippen molar-refractivity contribution in [1.29, 1.82) is 0 Å². The molecule has 1 aliphatic heterocycles. The second kappa shape index (κ2) is 8.37. The fraction of sp³-hybridized carbons (Fsp3) is 0.208. The summed E-state index contributed by atoms with van der Waals surface area (Å²) in [5, 5.41) is 9.07. The first-order valence-corrected chi connectivity index (χ1v) is 9.59. The molecule has 0 spiro atoms. The van der Waals surface area contributed by atoms with Crippen LogP contribution < -0.4 is 4.90 Å². The van der Waals surface area contributed by atoms with Gasteiger partial charge in [-0.05, 0) is 74.7 Å². The third kappa shape index (κ3) is 3.89. The van der Waals surface area contributed by atoms with Crippen LogP contribution in [0.3, 0.4) is 0 Å². The maximum atomic E-state index is 13.3. The van der Waals surface area contributed by atoms with Gasteiger partial charge in [0.2, 0.25) is 0 Å². The molecule has 0 unspecified atom stereocenters. The number of esters is 1. The van der Waals surface area contributed by atoms with Gasteiger partial charge in [0.25, 0.3) is 5.91 Å². The molecule has 0 aromatic heterocycles. The van der Waals surface area contributed by atoms with Crippen LogP contribution in [0.1, 0.15) is 40.9 Å². The first-order chi connectivity index (χ1) is 14.2. The maximum Gasteiger partial charge on any atom is 0.340 e. The Labute approximate surface area is 175 Å². The van der Waals surface area contributed by atoms with Crippen molar-refractivity contribution in [3.05, 3.63) is 81.6 Å². The normalized spacial score (nSPS) is 15.1. The Morgan fingerprint density at radius 3 is 2.27 bits per heavy atom. The monoisotopic (exact) mass is 405 g/mol. The summed E-state index contributed by atoms with van der Waals surface area (Å²) < 4.78 is 5.20. The van der Waals surface area contributed by atoms with Crippen LogP contribution in [-0.4, -0.2) is 29.6 Å². The van der Waals surface area contributed by atoms with Gasteiger partial charge in [0, 0.05) is 11.4 Å². The number of rotatable bonds is 5. The van der Waals surface area contributed by atoms with Crippen LogP contribution in [-0.2, 0) is 14.3 Å². The van der Waals surface area contributed by atoms with Crippen LogP contribution in [0.4, 0.5) is 5.69 Å². The number of benzene rings is 2. The molecule has 0 fully saturated rings. The summed E-state index contributed by atoms with van der Waals surface area (Å²) in [6.07, 6.45) is 1.59. The number of aromatic carboxylic acids is 1. The molecule has 3 rings (SSSR count). The molecule has 1 N–H and O–H groups in total. The second-order valence-electron chi connectivity index (χ2n) is 7.08. The van der Waals surface area contributed by atoms with Crippen LogP contribution in [0, 0.1) is 13.8 Å². The molecule has 1 amide bonds. The number of carboxylic acid groups (broad SMARTS) is 1. The first-order valence-electron chi connectivity index (χ1n) is 9.59. The van der Waals surface area contributed by atoms with Crippen molar-refractivity contribution in [3.63, 3.8) is 0 Å². The third-order valence-electron chi connectivity index (χ3n) is 5.10. The number of carboxylic acids is 1. The lowest BCUT2D eigenvalue weighted by Gasteiger charge is -2.19. The smallest absolute Gasteiger partial charge is 0.340 e. The second-order valence-corrected chi connectivity index (χ2v) is 7.08. The van der Waals surface area contributed by atoms with E-state index in [4.69, 9.17) is 9.84 Å². The number of ether oxygens (including phenoxy) is 1. The fourth-order valence-electron chi connectivity index (χ4n) is 3.35. The molecule has 2 aromatic rings. The number of nitrogens with zero attached hydrogens (tertiary/aromatic N) is 1. The van der Waals surface area contributed by atoms with Crippen molar-refractivity contribution in [1.82, 2.24) is 0 Å². The number of amides is 1. The van der Waals surface area contributed by atoms with Crippen LogP contribution >= 0.6 is 0 Å². The van der Waals surface area contributed by atoms with E-state index in [1.165, 1.54) is 17.0 Å². The molecule has 1 aliphatic rings. The highest BCUT2D eigenvalue weighted by Crippen LogP contribution is 2.36. The molecule has 1 heterocycles. The minimum absolute atomic E-state index is 0.143. The van der Waals surface area contributed by atoms with E-state index >= 15 is 0 Å². The number of anilines is 1. The van der Waals surface area contributed by atoms with E-state index in [-0.39, 0.29) is 29.2 Å². The zero-order valence-corrected chi connectivity index (χ0v) is 17.4. The molecule has 0 bridgehead atoms. The Balaban J connectivity index is 2.11. The lowest BCUT2D eigenvalue weighted by Crippen LogP contribution is -2.24. The lowest BCUT2D eigenvalue weighted by molar-refractivity contribution is -0.138. The molecular formula is C24H23NO5. The van der Waals surface area contributed by atoms with Crippen molar-refractivity contribution < 1.29 is 24.2 Å². The summed E-state index contributed by atoms with van der Waals surface area (Å²) in [6, 6.07) is 11.8. The standard InChI is InChI=1S/C24H23NO5/c1-5-30-24(29)21-16(4)25(19-11-6-14(2)15(3)12-19)22(26)20(21)13-17-7-9-18(10-8-17)23(27)28/h6-13H,5H2,1-4H3,(H,27,28). The van der Waals surface area contributed by atoms with E-state index in [0.717, 1.165) is 11.1 Å². The minimum atomic E-state index is -1.03. The van der Waals surface area contributed by atoms with Crippen molar-refractivity contribution in [3.8, 4) is 0 Å². The zero-order valence-electron chi connectivity index (χ0n) is 17.4. The predicted octanol–water partition coefficient (Wildman–Crippen LogP) is 4.27. The quantitative estimate of drug-likeness (QED) is 0.593. The molecule has 6 heteroatoms. The van der Waals surface area contributed by atoms with Crippen LogP contribution in [0.15, 0.2) is 59.3 Å². The van der Waals surface area contributed by atoms with Gasteiger partial charge in [0.05, 0.1) is 23.3 Å². The van der Waals surface area contributed by atoms with Gasteiger partial charge in [-0.25, -0.2) is 9.59 Å². The van der Waals surface area contributed by atoms with E-state index in [1.807, 2.05) is 32.0 Å². The van der Waals surface area contributed by atoms with Gasteiger partial charge in [-0.2, -0.15) is 0 Å². The number of aryl methyl sites for hydroxylation is 2. The Kier molecular flexibility index (Phi) is 5.87. The van der Waals surface area contributed by atoms with Crippen LogP contribution in [0.2, 0.25) is 0 Å². The Bertz CT molecular complexity index is 1090. The molecule has 0 radical (unpaired) electrons. The van der Waals surface area contributed by atoms with Crippen molar-refractivity contribution in [2.75, 3.05) is 11.5 Å².